The normalized spacial score (nSPS) is 15.3. The summed E-state index contributed by atoms with van der Waals surface area (Å²) in [4.78, 5) is 0. The van der Waals surface area contributed by atoms with Crippen molar-refractivity contribution in [1.29, 1.82) is 0 Å². The third-order valence-corrected chi connectivity index (χ3v) is 9.25. The van der Waals surface area contributed by atoms with Crippen molar-refractivity contribution in [2.45, 2.75) is 65.6 Å². The highest BCUT2D eigenvalue weighted by Crippen LogP contribution is 2.37. The Bertz CT molecular complexity index is 480. The molecule has 0 amide bonds. The van der Waals surface area contributed by atoms with Gasteiger partial charge in [0.15, 0.2) is 8.32 Å². The van der Waals surface area contributed by atoms with Gasteiger partial charge in [0, 0.05) is 12.0 Å². The second-order valence-corrected chi connectivity index (χ2v) is 13.4. The molecule has 0 saturated carbocycles. The molecule has 0 N–H and O–H groups in total. The van der Waals surface area contributed by atoms with E-state index in [1.807, 2.05) is 0 Å². The standard InChI is InChI=1S/C20H34OSi/c1-17(18-12-10-9-11-13-18)14-15-20(5,6)16-21-22(7,8)19(2,3)4/h9-15,17H,16H2,1-8H3/b15-14+. The van der Waals surface area contributed by atoms with Gasteiger partial charge in [-0.05, 0) is 29.6 Å². The Labute approximate surface area is 138 Å². The Morgan fingerprint density at radius 3 is 2.09 bits per heavy atom. The average Bonchev–Trinajstić information content (AvgIpc) is 2.43. The molecule has 0 radical (unpaired) electrons. The van der Waals surface area contributed by atoms with E-state index in [1.165, 1.54) is 5.56 Å². The molecule has 1 unspecified atom stereocenters. The van der Waals surface area contributed by atoms with Crippen LogP contribution in [0.2, 0.25) is 18.1 Å². The van der Waals surface area contributed by atoms with Crippen LogP contribution in [0.1, 0.15) is 53.0 Å². The summed E-state index contributed by atoms with van der Waals surface area (Å²) < 4.78 is 6.38. The Kier molecular flexibility index (Phi) is 6.23. The van der Waals surface area contributed by atoms with Gasteiger partial charge >= 0.3 is 0 Å². The van der Waals surface area contributed by atoms with Gasteiger partial charge < -0.3 is 4.43 Å². The Morgan fingerprint density at radius 1 is 1.05 bits per heavy atom. The van der Waals surface area contributed by atoms with Gasteiger partial charge in [-0.3, -0.25) is 0 Å². The van der Waals surface area contributed by atoms with Crippen molar-refractivity contribution < 1.29 is 4.43 Å². The highest BCUT2D eigenvalue weighted by atomic mass is 28.4. The van der Waals surface area contributed by atoms with Crippen molar-refractivity contribution in [3.8, 4) is 0 Å². The Morgan fingerprint density at radius 2 is 1.59 bits per heavy atom. The fourth-order valence-electron chi connectivity index (χ4n) is 1.90. The van der Waals surface area contributed by atoms with E-state index in [4.69, 9.17) is 4.43 Å². The zero-order valence-electron chi connectivity index (χ0n) is 15.7. The molecule has 1 nitrogen and oxygen atoms in total. The van der Waals surface area contributed by atoms with Crippen LogP contribution in [-0.4, -0.2) is 14.9 Å². The first-order valence-corrected chi connectivity index (χ1v) is 11.2. The summed E-state index contributed by atoms with van der Waals surface area (Å²) in [6.45, 7) is 19.1. The van der Waals surface area contributed by atoms with Crippen LogP contribution in [0.5, 0.6) is 0 Å². The molecule has 0 aromatic heterocycles. The lowest BCUT2D eigenvalue weighted by atomic mass is 9.91. The molecule has 1 rings (SSSR count). The van der Waals surface area contributed by atoms with Gasteiger partial charge in [0.1, 0.15) is 0 Å². The number of benzene rings is 1. The number of hydrogen-bond acceptors (Lipinski definition) is 1. The van der Waals surface area contributed by atoms with Crippen LogP contribution in [0.25, 0.3) is 0 Å². The molecule has 0 bridgehead atoms. The topological polar surface area (TPSA) is 9.23 Å². The lowest BCUT2D eigenvalue weighted by Crippen LogP contribution is -2.42. The van der Waals surface area contributed by atoms with Gasteiger partial charge in [0.25, 0.3) is 0 Å². The van der Waals surface area contributed by atoms with Gasteiger partial charge in [0.2, 0.25) is 0 Å². The lowest BCUT2D eigenvalue weighted by Gasteiger charge is -2.38. The molecule has 0 spiro atoms. The molecule has 0 fully saturated rings. The molecule has 0 saturated heterocycles. The Balaban J connectivity index is 2.66. The highest BCUT2D eigenvalue weighted by Gasteiger charge is 2.38. The largest absolute Gasteiger partial charge is 0.416 e. The van der Waals surface area contributed by atoms with Crippen molar-refractivity contribution in [2.24, 2.45) is 5.41 Å². The summed E-state index contributed by atoms with van der Waals surface area (Å²) in [6.07, 6.45) is 4.63. The summed E-state index contributed by atoms with van der Waals surface area (Å²) in [5.74, 6) is 0.438. The van der Waals surface area contributed by atoms with E-state index in [-0.39, 0.29) is 10.5 Å². The maximum absolute atomic E-state index is 6.38. The lowest BCUT2D eigenvalue weighted by molar-refractivity contribution is 0.202. The van der Waals surface area contributed by atoms with Crippen molar-refractivity contribution in [1.82, 2.24) is 0 Å². The van der Waals surface area contributed by atoms with E-state index < -0.39 is 8.32 Å². The molecule has 2 heteroatoms. The van der Waals surface area contributed by atoms with Crippen LogP contribution in [0.4, 0.5) is 0 Å². The third-order valence-electron chi connectivity index (χ3n) is 4.77. The van der Waals surface area contributed by atoms with Crippen LogP contribution in [0, 0.1) is 5.41 Å². The number of hydrogen-bond donors (Lipinski definition) is 0. The maximum atomic E-state index is 6.38. The predicted octanol–water partition coefficient (Wildman–Crippen LogP) is 6.39. The first-order chi connectivity index (χ1) is 9.95. The SMILES string of the molecule is CC(/C=C/C(C)(C)CO[Si](C)(C)C(C)(C)C)c1ccccc1. The Hall–Kier alpha value is -0.863. The van der Waals surface area contributed by atoms with Gasteiger partial charge in [-0.25, -0.2) is 0 Å². The van der Waals surface area contributed by atoms with Crippen molar-refractivity contribution in [2.75, 3.05) is 6.61 Å². The quantitative estimate of drug-likeness (QED) is 0.436. The number of allylic oxidation sites excluding steroid dienone is 1. The summed E-state index contributed by atoms with van der Waals surface area (Å²) >= 11 is 0. The first kappa shape index (κ1) is 19.2. The minimum atomic E-state index is -1.67. The van der Waals surface area contributed by atoms with Crippen LogP contribution in [0.3, 0.4) is 0 Å². The summed E-state index contributed by atoms with van der Waals surface area (Å²) in [5, 5.41) is 0.268. The molecule has 0 heterocycles. The van der Waals surface area contributed by atoms with Crippen LogP contribution < -0.4 is 0 Å². The van der Waals surface area contributed by atoms with Crippen molar-refractivity contribution in [3.63, 3.8) is 0 Å². The molecular formula is C20H34OSi. The van der Waals surface area contributed by atoms with Crippen LogP contribution in [0.15, 0.2) is 42.5 Å². The van der Waals surface area contributed by atoms with Gasteiger partial charge in [0.05, 0.1) is 0 Å². The molecule has 124 valence electrons. The molecule has 0 aliphatic carbocycles. The third kappa shape index (κ3) is 5.73. The minimum absolute atomic E-state index is 0.0680. The van der Waals surface area contributed by atoms with E-state index in [1.54, 1.807) is 0 Å². The van der Waals surface area contributed by atoms with Crippen molar-refractivity contribution in [3.05, 3.63) is 48.0 Å². The molecule has 1 atom stereocenters. The molecule has 1 aromatic rings. The van der Waals surface area contributed by atoms with E-state index >= 15 is 0 Å². The summed E-state index contributed by atoms with van der Waals surface area (Å²) in [7, 11) is -1.67. The van der Waals surface area contributed by atoms with E-state index in [0.29, 0.717) is 5.92 Å². The van der Waals surface area contributed by atoms with Gasteiger partial charge in [-0.2, -0.15) is 0 Å². The minimum Gasteiger partial charge on any atom is -0.416 e. The van der Waals surface area contributed by atoms with E-state index in [0.717, 1.165) is 6.61 Å². The predicted molar refractivity (Wildman–Crippen MR) is 101 cm³/mol. The van der Waals surface area contributed by atoms with E-state index in [2.05, 4.69) is 97.1 Å². The fourth-order valence-corrected chi connectivity index (χ4v) is 3.07. The average molecular weight is 319 g/mol. The van der Waals surface area contributed by atoms with Gasteiger partial charge in [-0.1, -0.05) is 84.0 Å². The smallest absolute Gasteiger partial charge is 0.192 e. The monoisotopic (exact) mass is 318 g/mol. The molecule has 0 aliphatic rings. The summed E-state index contributed by atoms with van der Waals surface area (Å²) in [6, 6.07) is 10.6. The van der Waals surface area contributed by atoms with Gasteiger partial charge in [-0.15, -0.1) is 0 Å². The molecule has 1 aromatic carbocycles. The van der Waals surface area contributed by atoms with Crippen LogP contribution in [-0.2, 0) is 4.43 Å². The van der Waals surface area contributed by atoms with E-state index in [9.17, 15) is 0 Å². The molecule has 0 aliphatic heterocycles. The highest BCUT2D eigenvalue weighted by molar-refractivity contribution is 6.74. The van der Waals surface area contributed by atoms with Crippen LogP contribution >= 0.6 is 0 Å². The summed E-state index contributed by atoms with van der Waals surface area (Å²) in [5.41, 5.74) is 1.43. The second kappa shape index (κ2) is 7.14. The molecule has 22 heavy (non-hydrogen) atoms. The number of rotatable bonds is 6. The van der Waals surface area contributed by atoms with Crippen molar-refractivity contribution >= 4 is 8.32 Å². The maximum Gasteiger partial charge on any atom is 0.192 e. The fraction of sp³-hybridized carbons (Fsp3) is 0.600. The zero-order chi connectivity index (χ0) is 17.0. The first-order valence-electron chi connectivity index (χ1n) is 8.33. The zero-order valence-corrected chi connectivity index (χ0v) is 16.7. The molecular weight excluding hydrogens is 284 g/mol. The second-order valence-electron chi connectivity index (χ2n) is 8.60.